The first-order valence-corrected chi connectivity index (χ1v) is 15.6. The van der Waals surface area contributed by atoms with Gasteiger partial charge in [0.15, 0.2) is 5.96 Å². The van der Waals surface area contributed by atoms with Crippen molar-refractivity contribution in [1.82, 2.24) is 31.9 Å². The summed E-state index contributed by atoms with van der Waals surface area (Å²) in [6.07, 6.45) is -1.08. The summed E-state index contributed by atoms with van der Waals surface area (Å²) in [6, 6.07) is -8.81. The van der Waals surface area contributed by atoms with Crippen LogP contribution in [0.25, 0.3) is 0 Å². The number of rotatable bonds is 24. The maximum Gasteiger partial charge on any atom is 0.328 e. The Bertz CT molecular complexity index is 1230. The van der Waals surface area contributed by atoms with E-state index in [2.05, 4.69) is 31.6 Å². The molecule has 22 nitrogen and oxygen atoms in total. The molecule has 0 unspecified atom stereocenters. The summed E-state index contributed by atoms with van der Waals surface area (Å²) < 4.78 is 0. The van der Waals surface area contributed by atoms with Crippen LogP contribution in [-0.4, -0.2) is 136 Å². The lowest BCUT2D eigenvalue weighted by molar-refractivity contribution is -0.144. The molecule has 0 aromatic heterocycles. The molecule has 0 rings (SSSR count). The van der Waals surface area contributed by atoms with Gasteiger partial charge in [-0.2, -0.15) is 0 Å². The second-order valence-electron chi connectivity index (χ2n) is 11.5. The van der Waals surface area contributed by atoms with Crippen molar-refractivity contribution in [2.24, 2.45) is 28.1 Å². The summed E-state index contributed by atoms with van der Waals surface area (Å²) in [5, 5.41) is 51.1. The molecule has 0 aliphatic carbocycles. The van der Waals surface area contributed by atoms with Gasteiger partial charge in [0.2, 0.25) is 35.4 Å². The quantitative estimate of drug-likeness (QED) is 0.0251. The van der Waals surface area contributed by atoms with E-state index >= 15 is 0 Å². The smallest absolute Gasteiger partial charge is 0.328 e. The first-order valence-electron chi connectivity index (χ1n) is 15.6. The zero-order valence-corrected chi connectivity index (χ0v) is 28.1. The van der Waals surface area contributed by atoms with Gasteiger partial charge in [-0.25, -0.2) is 4.79 Å². The van der Waals surface area contributed by atoms with Crippen molar-refractivity contribution >= 4 is 53.3 Å². The first-order chi connectivity index (χ1) is 23.4. The predicted octanol–water partition coefficient (Wildman–Crippen LogP) is -6.09. The van der Waals surface area contributed by atoms with E-state index in [1.54, 1.807) is 13.8 Å². The number of amides is 6. The summed E-state index contributed by atoms with van der Waals surface area (Å²) in [4.78, 5) is 103. The van der Waals surface area contributed by atoms with E-state index in [1.807, 2.05) is 5.32 Å². The van der Waals surface area contributed by atoms with E-state index in [4.69, 9.17) is 27.4 Å². The minimum Gasteiger partial charge on any atom is -0.481 e. The third-order valence-corrected chi connectivity index (χ3v) is 6.77. The number of aliphatic hydroxyl groups is 2. The van der Waals surface area contributed by atoms with Crippen molar-refractivity contribution in [3.8, 4) is 0 Å². The molecule has 0 aromatic carbocycles. The van der Waals surface area contributed by atoms with Crippen LogP contribution in [0.5, 0.6) is 0 Å². The monoisotopic (exact) mass is 718 g/mol. The van der Waals surface area contributed by atoms with Gasteiger partial charge < -0.3 is 69.5 Å². The normalized spacial score (nSPS) is 14.4. The minimum absolute atomic E-state index is 0.0182. The predicted molar refractivity (Wildman–Crippen MR) is 174 cm³/mol. The van der Waals surface area contributed by atoms with Crippen molar-refractivity contribution in [3.05, 3.63) is 0 Å². The lowest BCUT2D eigenvalue weighted by Gasteiger charge is -2.27. The van der Waals surface area contributed by atoms with Crippen LogP contribution in [0.1, 0.15) is 52.9 Å². The second kappa shape index (κ2) is 23.3. The van der Waals surface area contributed by atoms with E-state index in [9.17, 15) is 48.6 Å². The van der Waals surface area contributed by atoms with Gasteiger partial charge in [-0.3, -0.25) is 38.6 Å². The van der Waals surface area contributed by atoms with Gasteiger partial charge in [-0.05, 0) is 38.5 Å². The standard InChI is InChI=1S/C28H50N10O12/c1-13(2)9-17(25(47)35-16(6-7-21(42)43)24(46)38-19(12-40)27(49)50)36-23(45)15(5-4-8-32-28(30)31)34-26(48)18(11-39)37-22(44)14(3)33-20(41)10-29/h13-19,39-40H,4-12,29H2,1-3H3,(H,33,41)(H,34,48)(H,35,47)(H,36,45)(H,37,44)(H,38,46)(H,42,43)(H,49,50)(H4,30,31,32)/t14-,15-,16-,17-,18-,19-/m0/s1. The SMILES string of the molecule is CC(C)C[C@H](NC(=O)[C@H](CCCN=C(N)N)NC(=O)[C@H](CO)NC(=O)[C@H](C)NC(=O)CN)C(=O)N[C@@H](CCC(=O)O)C(=O)N[C@@H](CO)C(=O)O. The van der Waals surface area contributed by atoms with Crippen LogP contribution in [-0.2, 0) is 38.4 Å². The number of carboxylic acids is 2. The molecule has 0 aliphatic rings. The van der Waals surface area contributed by atoms with Crippen LogP contribution >= 0.6 is 0 Å². The Hall–Kier alpha value is -5.09. The lowest BCUT2D eigenvalue weighted by atomic mass is 10.0. The van der Waals surface area contributed by atoms with Gasteiger partial charge in [0.25, 0.3) is 0 Å². The molecule has 0 heterocycles. The fraction of sp³-hybridized carbons (Fsp3) is 0.679. The number of carboxylic acid groups (broad SMARTS) is 2. The molecule has 0 fully saturated rings. The Morgan fingerprint density at radius 2 is 1.10 bits per heavy atom. The number of hydrogen-bond acceptors (Lipinski definition) is 12. The van der Waals surface area contributed by atoms with Crippen molar-refractivity contribution in [2.75, 3.05) is 26.3 Å². The number of nitrogens with two attached hydrogens (primary N) is 3. The number of hydrogen-bond donors (Lipinski definition) is 13. The molecule has 284 valence electrons. The van der Waals surface area contributed by atoms with Crippen molar-refractivity contribution in [3.63, 3.8) is 0 Å². The molecule has 22 heteroatoms. The maximum atomic E-state index is 13.5. The summed E-state index contributed by atoms with van der Waals surface area (Å²) >= 11 is 0. The number of guanidine groups is 1. The number of aliphatic hydroxyl groups excluding tert-OH is 2. The number of carbonyl (C=O) groups is 8. The summed E-state index contributed by atoms with van der Waals surface area (Å²) in [5.74, 6) is -8.86. The van der Waals surface area contributed by atoms with Crippen LogP contribution in [0.2, 0.25) is 0 Å². The molecule has 0 spiro atoms. The maximum absolute atomic E-state index is 13.5. The van der Waals surface area contributed by atoms with Crippen molar-refractivity contribution < 1.29 is 58.8 Å². The van der Waals surface area contributed by atoms with Crippen LogP contribution in [0.4, 0.5) is 0 Å². The fourth-order valence-corrected chi connectivity index (χ4v) is 4.14. The van der Waals surface area contributed by atoms with Gasteiger partial charge >= 0.3 is 11.9 Å². The molecular weight excluding hydrogens is 668 g/mol. The van der Waals surface area contributed by atoms with Gasteiger partial charge in [-0.15, -0.1) is 0 Å². The lowest BCUT2D eigenvalue weighted by Crippen LogP contribution is -2.60. The number of nitrogens with zero attached hydrogens (tertiary/aromatic N) is 1. The minimum atomic E-state index is -1.75. The molecule has 50 heavy (non-hydrogen) atoms. The summed E-state index contributed by atoms with van der Waals surface area (Å²) in [5.41, 5.74) is 15.9. The van der Waals surface area contributed by atoms with Gasteiger partial charge in [-0.1, -0.05) is 13.8 Å². The summed E-state index contributed by atoms with van der Waals surface area (Å²) in [6.45, 7) is 2.45. The molecular formula is C28H50N10O12. The highest BCUT2D eigenvalue weighted by Crippen LogP contribution is 2.09. The Morgan fingerprint density at radius 3 is 1.56 bits per heavy atom. The molecule has 0 saturated heterocycles. The second-order valence-corrected chi connectivity index (χ2v) is 11.5. The largest absolute Gasteiger partial charge is 0.481 e. The molecule has 6 amide bonds. The third-order valence-electron chi connectivity index (χ3n) is 6.77. The van der Waals surface area contributed by atoms with Crippen LogP contribution in [0.3, 0.4) is 0 Å². The number of aliphatic imine (C=N–C) groups is 1. The van der Waals surface area contributed by atoms with E-state index in [0.717, 1.165) is 0 Å². The molecule has 0 radical (unpaired) electrons. The Balaban J connectivity index is 6.16. The topological polar surface area (TPSA) is 380 Å². The fourth-order valence-electron chi connectivity index (χ4n) is 4.14. The average Bonchev–Trinajstić information content (AvgIpc) is 3.03. The Labute approximate surface area is 287 Å². The average molecular weight is 719 g/mol. The zero-order valence-electron chi connectivity index (χ0n) is 28.1. The number of aliphatic carboxylic acids is 2. The molecule has 0 saturated carbocycles. The third kappa shape index (κ3) is 17.9. The first kappa shape index (κ1) is 44.9. The van der Waals surface area contributed by atoms with Crippen LogP contribution < -0.4 is 49.1 Å². The van der Waals surface area contributed by atoms with Gasteiger partial charge in [0.05, 0.1) is 19.8 Å². The van der Waals surface area contributed by atoms with E-state index in [1.165, 1.54) is 6.92 Å². The van der Waals surface area contributed by atoms with Gasteiger partial charge in [0, 0.05) is 13.0 Å². The highest BCUT2D eigenvalue weighted by atomic mass is 16.4. The highest BCUT2D eigenvalue weighted by Gasteiger charge is 2.33. The van der Waals surface area contributed by atoms with Crippen molar-refractivity contribution in [2.45, 2.75) is 89.1 Å². The molecule has 0 aliphatic heterocycles. The molecule has 6 atom stereocenters. The summed E-state index contributed by atoms with van der Waals surface area (Å²) in [7, 11) is 0. The van der Waals surface area contributed by atoms with Crippen LogP contribution in [0.15, 0.2) is 4.99 Å². The van der Waals surface area contributed by atoms with E-state index in [-0.39, 0.29) is 37.7 Å². The zero-order chi connectivity index (χ0) is 38.6. The number of carbonyl (C=O) groups excluding carboxylic acids is 6. The Kier molecular flexibility index (Phi) is 20.9. The highest BCUT2D eigenvalue weighted by molar-refractivity contribution is 5.97. The van der Waals surface area contributed by atoms with Crippen LogP contribution in [0, 0.1) is 5.92 Å². The van der Waals surface area contributed by atoms with Crippen molar-refractivity contribution in [1.29, 1.82) is 0 Å². The molecule has 0 bridgehead atoms. The molecule has 0 aromatic rings. The number of nitrogens with one attached hydrogen (secondary N) is 6. The molecule has 16 N–H and O–H groups in total. The van der Waals surface area contributed by atoms with Gasteiger partial charge in [0.1, 0.15) is 36.3 Å². The Morgan fingerprint density at radius 1 is 0.640 bits per heavy atom. The van der Waals surface area contributed by atoms with E-state index < -0.39 is 116 Å². The van der Waals surface area contributed by atoms with E-state index in [0.29, 0.717) is 0 Å².